The van der Waals surface area contributed by atoms with Crippen LogP contribution in [0.4, 0.5) is 9.59 Å². The average molecular weight is 794 g/mol. The summed E-state index contributed by atoms with van der Waals surface area (Å²) in [6, 6.07) is 13.3. The van der Waals surface area contributed by atoms with Crippen LogP contribution in [0.5, 0.6) is 5.75 Å². The van der Waals surface area contributed by atoms with Crippen LogP contribution in [-0.4, -0.2) is 93.4 Å². The van der Waals surface area contributed by atoms with E-state index in [1.807, 2.05) is 65.6 Å². The molecule has 4 heterocycles. The lowest BCUT2D eigenvalue weighted by atomic mass is 9.92. The van der Waals surface area contributed by atoms with Gasteiger partial charge in [0, 0.05) is 31.1 Å². The van der Waals surface area contributed by atoms with Gasteiger partial charge >= 0.3 is 12.2 Å². The van der Waals surface area contributed by atoms with E-state index in [9.17, 15) is 14.4 Å². The van der Waals surface area contributed by atoms with E-state index in [1.165, 1.54) is 7.11 Å². The van der Waals surface area contributed by atoms with Crippen LogP contribution in [0.2, 0.25) is 0 Å². The number of aromatic nitrogens is 4. The first kappa shape index (κ1) is 40.6. The molecular formula is C44H55N7O7. The van der Waals surface area contributed by atoms with E-state index in [4.69, 9.17) is 28.9 Å². The number of hydrogen-bond donors (Lipinski definition) is 3. The van der Waals surface area contributed by atoms with Crippen LogP contribution >= 0.6 is 0 Å². The Balaban J connectivity index is 1.13. The minimum absolute atomic E-state index is 0.0896. The van der Waals surface area contributed by atoms with Gasteiger partial charge in [-0.1, -0.05) is 39.0 Å². The topological polar surface area (TPSA) is 164 Å². The average Bonchev–Trinajstić information content (AvgIpc) is 3.97. The van der Waals surface area contributed by atoms with Crippen molar-refractivity contribution in [3.63, 3.8) is 0 Å². The van der Waals surface area contributed by atoms with Crippen LogP contribution in [-0.2, 0) is 25.6 Å². The van der Waals surface area contributed by atoms with Gasteiger partial charge in [0.1, 0.15) is 35.6 Å². The number of nitrogens with zero attached hydrogens (tertiary/aromatic N) is 4. The molecule has 2 aliphatic rings. The summed E-state index contributed by atoms with van der Waals surface area (Å²) in [6.45, 7) is 15.3. The van der Waals surface area contributed by atoms with Crippen LogP contribution in [0, 0.1) is 11.8 Å². The number of benzene rings is 3. The number of fused-ring (bicyclic) bond motifs is 6. The maximum atomic E-state index is 13.6. The molecule has 2 aliphatic heterocycles. The number of rotatable bonds is 11. The number of carbonyl (C=O) groups excluding carboxylic acids is 3. The van der Waals surface area contributed by atoms with Gasteiger partial charge in [-0.15, -0.1) is 0 Å². The minimum Gasteiger partial charge on any atom is -0.488 e. The van der Waals surface area contributed by atoms with E-state index >= 15 is 0 Å². The third-order valence-corrected chi connectivity index (χ3v) is 11.0. The predicted molar refractivity (Wildman–Crippen MR) is 221 cm³/mol. The Bertz CT molecular complexity index is 2330. The number of hydrogen-bond acceptors (Lipinski definition) is 9. The van der Waals surface area contributed by atoms with Crippen LogP contribution < -0.4 is 10.1 Å². The predicted octanol–water partition coefficient (Wildman–Crippen LogP) is 8.29. The van der Waals surface area contributed by atoms with Crippen molar-refractivity contribution in [3.8, 4) is 28.1 Å². The fourth-order valence-corrected chi connectivity index (χ4v) is 8.06. The van der Waals surface area contributed by atoms with Crippen molar-refractivity contribution >= 4 is 39.9 Å². The van der Waals surface area contributed by atoms with Gasteiger partial charge in [0.05, 0.1) is 48.7 Å². The number of imidazole rings is 2. The third kappa shape index (κ3) is 8.20. The smallest absolute Gasteiger partial charge is 0.410 e. The second-order valence-electron chi connectivity index (χ2n) is 16.9. The summed E-state index contributed by atoms with van der Waals surface area (Å²) in [4.78, 5) is 59.3. The zero-order chi connectivity index (χ0) is 41.5. The molecule has 0 unspecified atom stereocenters. The molecule has 0 aliphatic carbocycles. The van der Waals surface area contributed by atoms with Crippen molar-refractivity contribution in [1.29, 1.82) is 0 Å². The number of likely N-dealkylation sites (tertiary alicyclic amines) is 1. The molecule has 0 radical (unpaired) electrons. The number of methoxy groups -OCH3 is 2. The van der Waals surface area contributed by atoms with Gasteiger partial charge in [-0.2, -0.15) is 0 Å². The summed E-state index contributed by atoms with van der Waals surface area (Å²) >= 11 is 0. The summed E-state index contributed by atoms with van der Waals surface area (Å²) in [5.74, 6) is 2.00. The van der Waals surface area contributed by atoms with Crippen LogP contribution in [0.15, 0.2) is 48.7 Å². The van der Waals surface area contributed by atoms with Crippen LogP contribution in [0.3, 0.4) is 0 Å². The molecule has 0 bridgehead atoms. The highest BCUT2D eigenvalue weighted by Crippen LogP contribution is 2.43. The number of alkyl carbamates (subject to hydrolysis) is 1. The van der Waals surface area contributed by atoms with E-state index < -0.39 is 23.8 Å². The van der Waals surface area contributed by atoms with Gasteiger partial charge < -0.3 is 39.1 Å². The van der Waals surface area contributed by atoms with Gasteiger partial charge in [0.15, 0.2) is 0 Å². The standard InChI is InChI=1S/C44H55N7O7/c1-24(2)37(49-42(53)56-9)41(52)50-16-10-11-35(50)40-45-20-34(47-40)28-12-14-30-29(17-28)23-57-36-19-31-27(18-32(30)36)13-15-33-38(31)48-39(46-33)26(4)51(21-25(3)22-55-8)43(54)58-44(5,6)7/h12-15,17-20,24-26,35,37H,10-11,16,21-23H2,1-9H3,(H,45,47)(H,46,48)(H,49,53)/t25-,26-,35-,37-/m0/s1. The van der Waals surface area contributed by atoms with Crippen LogP contribution in [0.1, 0.15) is 90.6 Å². The molecule has 7 rings (SSSR count). The molecule has 14 nitrogen and oxygen atoms in total. The summed E-state index contributed by atoms with van der Waals surface area (Å²) < 4.78 is 22.4. The Kier molecular flexibility index (Phi) is 11.4. The fourth-order valence-electron chi connectivity index (χ4n) is 8.06. The monoisotopic (exact) mass is 793 g/mol. The van der Waals surface area contributed by atoms with Crippen molar-refractivity contribution in [2.24, 2.45) is 11.8 Å². The molecule has 0 saturated carbocycles. The maximum Gasteiger partial charge on any atom is 0.410 e. The molecular weight excluding hydrogens is 739 g/mol. The molecule has 3 aromatic carbocycles. The van der Waals surface area contributed by atoms with Crippen molar-refractivity contribution < 1.29 is 33.3 Å². The van der Waals surface area contributed by atoms with Gasteiger partial charge in [0.2, 0.25) is 5.91 Å². The van der Waals surface area contributed by atoms with Gasteiger partial charge in [-0.05, 0) is 98.7 Å². The maximum absolute atomic E-state index is 13.6. The molecule has 5 aromatic rings. The number of H-pyrrole nitrogens is 2. The van der Waals surface area contributed by atoms with E-state index in [2.05, 4.69) is 51.7 Å². The fraction of sp³-hybridized carbons (Fsp3) is 0.477. The Labute approximate surface area is 339 Å². The van der Waals surface area contributed by atoms with Crippen molar-refractivity contribution in [3.05, 3.63) is 65.9 Å². The SMILES string of the molecule is COC[C@@H](C)CN(C(=O)OC(C)(C)C)[C@@H](C)c1nc2ccc3cc4c(cc3c2[nH]1)OCc1cc(-c2cnc([C@@H]3CCCN3C(=O)[C@@H](NC(=O)OC)C(C)C)[nH]2)ccc1-4. The van der Waals surface area contributed by atoms with E-state index in [-0.39, 0.29) is 29.8 Å². The number of aromatic amines is 2. The van der Waals surface area contributed by atoms with Crippen molar-refractivity contribution in [2.75, 3.05) is 33.9 Å². The zero-order valence-corrected chi connectivity index (χ0v) is 34.9. The first-order valence-corrected chi connectivity index (χ1v) is 20.1. The number of amides is 3. The summed E-state index contributed by atoms with van der Waals surface area (Å²) in [5, 5.41) is 4.71. The molecule has 308 valence electrons. The largest absolute Gasteiger partial charge is 0.488 e. The highest BCUT2D eigenvalue weighted by atomic mass is 16.6. The lowest BCUT2D eigenvalue weighted by Crippen LogP contribution is -2.51. The quantitative estimate of drug-likeness (QED) is 0.119. The summed E-state index contributed by atoms with van der Waals surface area (Å²) in [6.07, 6.45) is 2.40. The zero-order valence-electron chi connectivity index (χ0n) is 34.9. The van der Waals surface area contributed by atoms with Gasteiger partial charge in [0.25, 0.3) is 0 Å². The molecule has 2 aromatic heterocycles. The normalized spacial score (nSPS) is 16.7. The molecule has 0 spiro atoms. The number of nitrogens with one attached hydrogen (secondary N) is 3. The van der Waals surface area contributed by atoms with Gasteiger partial charge in [-0.25, -0.2) is 19.6 Å². The van der Waals surface area contributed by atoms with Gasteiger partial charge in [-0.3, -0.25) is 9.69 Å². The van der Waals surface area contributed by atoms with E-state index in [0.717, 1.165) is 68.3 Å². The first-order chi connectivity index (χ1) is 27.6. The molecule has 1 fully saturated rings. The highest BCUT2D eigenvalue weighted by molar-refractivity contribution is 6.07. The summed E-state index contributed by atoms with van der Waals surface area (Å²) in [5.41, 5.74) is 5.98. The molecule has 4 atom stereocenters. The highest BCUT2D eigenvalue weighted by Gasteiger charge is 2.38. The van der Waals surface area contributed by atoms with Crippen molar-refractivity contribution in [2.45, 2.75) is 91.6 Å². The molecule has 1 saturated heterocycles. The molecule has 58 heavy (non-hydrogen) atoms. The Morgan fingerprint density at radius 2 is 1.83 bits per heavy atom. The van der Waals surface area contributed by atoms with E-state index in [1.54, 1.807) is 12.0 Å². The molecule has 14 heteroatoms. The second-order valence-corrected chi connectivity index (χ2v) is 16.9. The lowest BCUT2D eigenvalue weighted by molar-refractivity contribution is -0.135. The Morgan fingerprint density at radius 3 is 2.55 bits per heavy atom. The first-order valence-electron chi connectivity index (χ1n) is 20.1. The minimum atomic E-state index is -0.697. The molecule has 3 N–H and O–H groups in total. The third-order valence-electron chi connectivity index (χ3n) is 11.0. The molecule has 3 amide bonds. The van der Waals surface area contributed by atoms with Crippen LogP contribution in [0.25, 0.3) is 44.2 Å². The van der Waals surface area contributed by atoms with E-state index in [0.29, 0.717) is 38.0 Å². The summed E-state index contributed by atoms with van der Waals surface area (Å²) in [7, 11) is 2.95. The van der Waals surface area contributed by atoms with Crippen molar-refractivity contribution in [1.82, 2.24) is 35.1 Å². The number of carbonyl (C=O) groups is 3. The lowest BCUT2D eigenvalue weighted by Gasteiger charge is -2.32. The Hall–Kier alpha value is -5.63. The number of ether oxygens (including phenoxy) is 4. The Morgan fingerprint density at radius 1 is 1.03 bits per heavy atom. The second kappa shape index (κ2) is 16.3.